The van der Waals surface area contributed by atoms with Crippen molar-refractivity contribution in [1.82, 2.24) is 9.80 Å². The van der Waals surface area contributed by atoms with E-state index in [4.69, 9.17) is 4.74 Å². The Balaban J connectivity index is 1.19. The fourth-order valence-electron chi connectivity index (χ4n) is 5.62. The molecular weight excluding hydrogens is 402 g/mol. The molecule has 0 spiro atoms. The Hall–Kier alpha value is -2.44. The van der Waals surface area contributed by atoms with E-state index in [0.717, 1.165) is 69.5 Å². The van der Waals surface area contributed by atoms with E-state index in [0.29, 0.717) is 24.1 Å². The molecule has 0 saturated carbocycles. The summed E-state index contributed by atoms with van der Waals surface area (Å²) in [6.07, 6.45) is 9.58. The van der Waals surface area contributed by atoms with Crippen molar-refractivity contribution in [3.8, 4) is 0 Å². The Morgan fingerprint density at radius 1 is 1.03 bits per heavy atom. The lowest BCUT2D eigenvalue weighted by Gasteiger charge is -2.38. The van der Waals surface area contributed by atoms with Gasteiger partial charge in [0.15, 0.2) is 12.4 Å². The summed E-state index contributed by atoms with van der Waals surface area (Å²) in [4.78, 5) is 17.9. The summed E-state index contributed by atoms with van der Waals surface area (Å²) in [5.41, 5.74) is 3.60. The molecule has 32 heavy (non-hydrogen) atoms. The van der Waals surface area contributed by atoms with E-state index in [2.05, 4.69) is 29.2 Å². The molecule has 2 saturated heterocycles. The monoisotopic (exact) mass is 435 g/mol. The van der Waals surface area contributed by atoms with Crippen molar-refractivity contribution in [2.24, 2.45) is 5.92 Å². The average molecular weight is 436 g/mol. The van der Waals surface area contributed by atoms with Crippen molar-refractivity contribution in [3.05, 3.63) is 70.7 Å². The molecule has 1 aliphatic carbocycles. The minimum Gasteiger partial charge on any atom is -0.619 e. The van der Waals surface area contributed by atoms with Gasteiger partial charge < -0.3 is 14.8 Å². The van der Waals surface area contributed by atoms with Crippen molar-refractivity contribution < 1.29 is 14.3 Å². The molecule has 1 aromatic carbocycles. The lowest BCUT2D eigenvalue weighted by molar-refractivity contribution is -0.605. The fourth-order valence-corrected chi connectivity index (χ4v) is 5.62. The Labute approximate surface area is 190 Å². The van der Waals surface area contributed by atoms with Gasteiger partial charge in [-0.25, -0.2) is 0 Å². The Bertz CT molecular complexity index is 893. The van der Waals surface area contributed by atoms with E-state index in [9.17, 15) is 10.0 Å². The molecule has 2 fully saturated rings. The first-order valence-corrected chi connectivity index (χ1v) is 12.1. The van der Waals surface area contributed by atoms with Crippen LogP contribution in [0.25, 0.3) is 0 Å². The average Bonchev–Trinajstić information content (AvgIpc) is 3.49. The quantitative estimate of drug-likeness (QED) is 0.517. The summed E-state index contributed by atoms with van der Waals surface area (Å²) in [6.45, 7) is 4.41. The van der Waals surface area contributed by atoms with Crippen LogP contribution >= 0.6 is 0 Å². The van der Waals surface area contributed by atoms with E-state index in [1.54, 1.807) is 12.1 Å². The number of rotatable bonds is 6. The minimum absolute atomic E-state index is 0.00905. The summed E-state index contributed by atoms with van der Waals surface area (Å²) >= 11 is 0. The number of fused-ring (bicyclic) bond motifs is 1. The van der Waals surface area contributed by atoms with Gasteiger partial charge in [-0.3, -0.25) is 9.69 Å². The highest BCUT2D eigenvalue weighted by molar-refractivity contribution is 5.94. The maximum atomic E-state index is 13.3. The number of benzene rings is 1. The molecule has 1 amide bonds. The molecule has 1 atom stereocenters. The molecule has 3 heterocycles. The first-order chi connectivity index (χ1) is 15.7. The predicted molar refractivity (Wildman–Crippen MR) is 122 cm³/mol. The number of piperidine rings is 1. The summed E-state index contributed by atoms with van der Waals surface area (Å²) in [6, 6.07) is 12.7. The van der Waals surface area contributed by atoms with E-state index >= 15 is 0 Å². The third kappa shape index (κ3) is 4.81. The van der Waals surface area contributed by atoms with Gasteiger partial charge in [-0.2, -0.15) is 4.73 Å². The third-order valence-electron chi connectivity index (χ3n) is 7.46. The largest absolute Gasteiger partial charge is 0.619 e. The standard InChI is InChI=1S/C26H33N3O3/c30-26(21-9-13-29(31)14-10-21)28(19-25-6-3-15-32-25)18-20-7-11-27(12-8-20)24-16-22-4-1-2-5-23(22)17-24/h1-2,4-5,9-10,13-14,20,24-25H,3,6-8,11-12,15-19H2/t25-/m1/s1. The van der Waals surface area contributed by atoms with E-state index in [1.165, 1.54) is 23.5 Å². The van der Waals surface area contributed by atoms with Crippen LogP contribution in [0.3, 0.4) is 0 Å². The van der Waals surface area contributed by atoms with Crippen LogP contribution in [0.5, 0.6) is 0 Å². The zero-order valence-corrected chi connectivity index (χ0v) is 18.7. The Morgan fingerprint density at radius 3 is 2.34 bits per heavy atom. The van der Waals surface area contributed by atoms with Crippen LogP contribution in [0.1, 0.15) is 47.2 Å². The molecule has 5 rings (SSSR count). The highest BCUT2D eigenvalue weighted by atomic mass is 16.5. The number of ether oxygens (including phenoxy) is 1. The smallest absolute Gasteiger partial charge is 0.254 e. The molecule has 3 aliphatic rings. The predicted octanol–water partition coefficient (Wildman–Crippen LogP) is 2.82. The van der Waals surface area contributed by atoms with Gasteiger partial charge >= 0.3 is 0 Å². The number of nitrogens with zero attached hydrogens (tertiary/aromatic N) is 3. The molecule has 0 unspecified atom stereocenters. The van der Waals surface area contributed by atoms with Crippen molar-refractivity contribution in [3.63, 3.8) is 0 Å². The molecule has 2 aliphatic heterocycles. The molecule has 1 aromatic heterocycles. The highest BCUT2D eigenvalue weighted by Gasteiger charge is 2.32. The van der Waals surface area contributed by atoms with Gasteiger partial charge in [0.2, 0.25) is 0 Å². The van der Waals surface area contributed by atoms with E-state index in [-0.39, 0.29) is 12.0 Å². The van der Waals surface area contributed by atoms with Crippen LogP contribution in [0.15, 0.2) is 48.8 Å². The van der Waals surface area contributed by atoms with Crippen molar-refractivity contribution in [1.29, 1.82) is 0 Å². The first-order valence-electron chi connectivity index (χ1n) is 12.1. The second-order valence-electron chi connectivity index (χ2n) is 9.60. The van der Waals surface area contributed by atoms with Gasteiger partial charge in [0, 0.05) is 37.9 Å². The van der Waals surface area contributed by atoms with Gasteiger partial charge in [0.25, 0.3) is 5.91 Å². The molecule has 0 N–H and O–H groups in total. The van der Waals surface area contributed by atoms with Crippen LogP contribution < -0.4 is 4.73 Å². The number of aromatic nitrogens is 1. The molecule has 6 heteroatoms. The topological polar surface area (TPSA) is 59.7 Å². The second kappa shape index (κ2) is 9.59. The van der Waals surface area contributed by atoms with Gasteiger partial charge in [0.05, 0.1) is 11.7 Å². The lowest BCUT2D eigenvalue weighted by atomic mass is 9.94. The molecule has 0 radical (unpaired) electrons. The number of hydrogen-bond acceptors (Lipinski definition) is 4. The number of likely N-dealkylation sites (tertiary alicyclic amines) is 1. The van der Waals surface area contributed by atoms with Gasteiger partial charge in [0.1, 0.15) is 0 Å². The highest BCUT2D eigenvalue weighted by Crippen LogP contribution is 2.29. The molecule has 0 bridgehead atoms. The molecule has 170 valence electrons. The SMILES string of the molecule is O=C(c1cc[n+]([O-])cc1)N(CC1CCN(C2Cc3ccccc3C2)CC1)C[C@H]1CCCO1. The lowest BCUT2D eigenvalue weighted by Crippen LogP contribution is -2.46. The van der Waals surface area contributed by atoms with Gasteiger partial charge in [-0.05, 0) is 68.7 Å². The fraction of sp³-hybridized carbons (Fsp3) is 0.538. The molecule has 2 aromatic rings. The number of hydrogen-bond donors (Lipinski definition) is 0. The Morgan fingerprint density at radius 2 is 1.72 bits per heavy atom. The van der Waals surface area contributed by atoms with E-state index < -0.39 is 0 Å². The summed E-state index contributed by atoms with van der Waals surface area (Å²) < 4.78 is 6.56. The van der Waals surface area contributed by atoms with Crippen LogP contribution in [-0.4, -0.2) is 60.6 Å². The van der Waals surface area contributed by atoms with Crippen molar-refractivity contribution in [2.45, 2.75) is 50.7 Å². The van der Waals surface area contributed by atoms with Crippen molar-refractivity contribution >= 4 is 5.91 Å². The summed E-state index contributed by atoms with van der Waals surface area (Å²) in [5.74, 6) is 0.517. The molecular formula is C26H33N3O3. The normalized spacial score (nSPS) is 22.2. The number of carbonyl (C=O) groups excluding carboxylic acids is 1. The van der Waals surface area contributed by atoms with Crippen molar-refractivity contribution in [2.75, 3.05) is 32.8 Å². The summed E-state index contributed by atoms with van der Waals surface area (Å²) in [5, 5.41) is 11.4. The van der Waals surface area contributed by atoms with E-state index in [1.807, 2.05) is 4.90 Å². The maximum absolute atomic E-state index is 13.3. The second-order valence-corrected chi connectivity index (χ2v) is 9.60. The van der Waals surface area contributed by atoms with Crippen LogP contribution in [0.2, 0.25) is 0 Å². The van der Waals surface area contributed by atoms with Crippen LogP contribution in [-0.2, 0) is 17.6 Å². The first kappa shape index (κ1) is 21.4. The third-order valence-corrected chi connectivity index (χ3v) is 7.46. The van der Waals surface area contributed by atoms with Gasteiger partial charge in [-0.15, -0.1) is 0 Å². The number of carbonyl (C=O) groups is 1. The maximum Gasteiger partial charge on any atom is 0.254 e. The van der Waals surface area contributed by atoms with Gasteiger partial charge in [-0.1, -0.05) is 24.3 Å². The van der Waals surface area contributed by atoms with Crippen LogP contribution in [0.4, 0.5) is 0 Å². The zero-order chi connectivity index (χ0) is 21.9. The van der Waals surface area contributed by atoms with Crippen LogP contribution in [0, 0.1) is 11.1 Å². The number of amides is 1. The minimum atomic E-state index is 0.00905. The summed E-state index contributed by atoms with van der Waals surface area (Å²) in [7, 11) is 0. The zero-order valence-electron chi connectivity index (χ0n) is 18.7. The molecule has 6 nitrogen and oxygen atoms in total. The Kier molecular flexibility index (Phi) is 6.42. The number of pyridine rings is 1.